The molecule has 0 fully saturated rings. The summed E-state index contributed by atoms with van der Waals surface area (Å²) in [5.41, 5.74) is -0.331. The molecule has 0 radical (unpaired) electrons. The first kappa shape index (κ1) is 10.0. The lowest BCUT2D eigenvalue weighted by Gasteiger charge is -2.04. The van der Waals surface area contributed by atoms with Gasteiger partial charge in [-0.05, 0) is 24.6 Å². The van der Waals surface area contributed by atoms with Gasteiger partial charge >= 0.3 is 11.9 Å². The van der Waals surface area contributed by atoms with Gasteiger partial charge in [0.2, 0.25) is 0 Å². The molecule has 1 aromatic carbocycles. The normalized spacial score (nSPS) is 9.79. The van der Waals surface area contributed by atoms with Gasteiger partial charge in [0.25, 0.3) is 0 Å². The Labute approximate surface area is 79.2 Å². The van der Waals surface area contributed by atoms with Crippen molar-refractivity contribution in [3.8, 4) is 5.75 Å². The first-order valence-corrected chi connectivity index (χ1v) is 3.73. The van der Waals surface area contributed by atoms with E-state index in [9.17, 15) is 14.7 Å². The summed E-state index contributed by atoms with van der Waals surface area (Å²) < 4.78 is 0. The Morgan fingerprint density at radius 3 is 1.71 bits per heavy atom. The van der Waals surface area contributed by atoms with Crippen molar-refractivity contribution < 1.29 is 24.9 Å². The van der Waals surface area contributed by atoms with Gasteiger partial charge in [-0.15, -0.1) is 0 Å². The fraction of sp³-hybridized carbons (Fsp3) is 0.111. The van der Waals surface area contributed by atoms with Crippen molar-refractivity contribution in [2.75, 3.05) is 0 Å². The summed E-state index contributed by atoms with van der Waals surface area (Å²) in [5.74, 6) is -3.42. The van der Waals surface area contributed by atoms with Crippen molar-refractivity contribution in [1.29, 1.82) is 0 Å². The molecule has 14 heavy (non-hydrogen) atoms. The molecule has 5 nitrogen and oxygen atoms in total. The number of carboxylic acids is 2. The van der Waals surface area contributed by atoms with Crippen molar-refractivity contribution in [1.82, 2.24) is 0 Å². The van der Waals surface area contributed by atoms with Crippen LogP contribution in [0, 0.1) is 6.92 Å². The van der Waals surface area contributed by atoms with E-state index in [1.807, 2.05) is 0 Å². The molecular weight excluding hydrogens is 188 g/mol. The van der Waals surface area contributed by atoms with Crippen molar-refractivity contribution in [2.45, 2.75) is 6.92 Å². The maximum Gasteiger partial charge on any atom is 0.339 e. The Morgan fingerprint density at radius 1 is 1.07 bits per heavy atom. The number of phenols is 1. The molecule has 3 N–H and O–H groups in total. The second-order valence-corrected chi connectivity index (χ2v) is 2.82. The van der Waals surface area contributed by atoms with E-state index >= 15 is 0 Å². The maximum absolute atomic E-state index is 10.6. The second kappa shape index (κ2) is 3.37. The molecule has 0 atom stereocenters. The van der Waals surface area contributed by atoms with E-state index in [2.05, 4.69) is 0 Å². The van der Waals surface area contributed by atoms with Gasteiger partial charge in [-0.3, -0.25) is 0 Å². The van der Waals surface area contributed by atoms with Crippen LogP contribution in [0.3, 0.4) is 0 Å². The number of aromatic hydroxyl groups is 1. The minimum atomic E-state index is -1.35. The summed E-state index contributed by atoms with van der Waals surface area (Å²) in [5, 5.41) is 26.6. The van der Waals surface area contributed by atoms with Gasteiger partial charge < -0.3 is 15.3 Å². The topological polar surface area (TPSA) is 94.8 Å². The first-order chi connectivity index (χ1) is 6.43. The third kappa shape index (κ3) is 1.66. The number of hydrogen-bond acceptors (Lipinski definition) is 3. The molecule has 1 rings (SSSR count). The number of rotatable bonds is 2. The van der Waals surface area contributed by atoms with Crippen LogP contribution in [0.25, 0.3) is 0 Å². The fourth-order valence-electron chi connectivity index (χ4n) is 1.10. The molecule has 0 aliphatic heterocycles. The SMILES string of the molecule is Cc1cc(C(=O)O)c(O)c(C(=O)O)c1. The summed E-state index contributed by atoms with van der Waals surface area (Å²) >= 11 is 0. The lowest BCUT2D eigenvalue weighted by molar-refractivity contribution is 0.0691. The van der Waals surface area contributed by atoms with Crippen LogP contribution < -0.4 is 0 Å². The third-order valence-corrected chi connectivity index (χ3v) is 1.72. The number of carboxylic acid groups (broad SMARTS) is 2. The van der Waals surface area contributed by atoms with Crippen LogP contribution in [-0.2, 0) is 0 Å². The van der Waals surface area contributed by atoms with Crippen LogP contribution in [0.15, 0.2) is 12.1 Å². The fourth-order valence-corrected chi connectivity index (χ4v) is 1.10. The van der Waals surface area contributed by atoms with Crippen LogP contribution in [0.5, 0.6) is 5.75 Å². The standard InChI is InChI=1S/C9H8O5/c1-4-2-5(8(11)12)7(10)6(3-4)9(13)14/h2-3,10H,1H3,(H,11,12)(H,13,14). The lowest BCUT2D eigenvalue weighted by atomic mass is 10.0. The van der Waals surface area contributed by atoms with Gasteiger partial charge in [0.05, 0.1) is 0 Å². The number of aromatic carboxylic acids is 2. The predicted molar refractivity (Wildman–Crippen MR) is 46.8 cm³/mol. The molecule has 5 heteroatoms. The van der Waals surface area contributed by atoms with E-state index in [4.69, 9.17) is 10.2 Å². The zero-order chi connectivity index (χ0) is 10.9. The molecule has 0 spiro atoms. The summed E-state index contributed by atoms with van der Waals surface area (Å²) in [6.07, 6.45) is 0. The van der Waals surface area contributed by atoms with Crippen molar-refractivity contribution in [3.05, 3.63) is 28.8 Å². The third-order valence-electron chi connectivity index (χ3n) is 1.72. The largest absolute Gasteiger partial charge is 0.506 e. The average molecular weight is 196 g/mol. The Hall–Kier alpha value is -2.04. The number of hydrogen-bond donors (Lipinski definition) is 3. The lowest BCUT2D eigenvalue weighted by Crippen LogP contribution is -2.04. The molecule has 0 saturated heterocycles. The van der Waals surface area contributed by atoms with E-state index in [-0.39, 0.29) is 0 Å². The average Bonchev–Trinajstić information content (AvgIpc) is 2.07. The smallest absolute Gasteiger partial charge is 0.339 e. The zero-order valence-electron chi connectivity index (χ0n) is 7.31. The molecule has 0 heterocycles. The van der Waals surface area contributed by atoms with Gasteiger partial charge in [-0.1, -0.05) is 0 Å². The van der Waals surface area contributed by atoms with Gasteiger partial charge in [-0.2, -0.15) is 0 Å². The molecule has 0 aliphatic carbocycles. The molecule has 1 aromatic rings. The number of aryl methyl sites for hydroxylation is 1. The predicted octanol–water partition coefficient (Wildman–Crippen LogP) is 1.10. The van der Waals surface area contributed by atoms with E-state index in [0.29, 0.717) is 5.56 Å². The molecular formula is C9H8O5. The zero-order valence-corrected chi connectivity index (χ0v) is 7.31. The Balaban J connectivity index is 3.47. The summed E-state index contributed by atoms with van der Waals surface area (Å²) in [6, 6.07) is 2.42. The molecule has 74 valence electrons. The monoisotopic (exact) mass is 196 g/mol. The van der Waals surface area contributed by atoms with E-state index in [0.717, 1.165) is 0 Å². The highest BCUT2D eigenvalue weighted by atomic mass is 16.4. The summed E-state index contributed by atoms with van der Waals surface area (Å²) in [7, 11) is 0. The van der Waals surface area contributed by atoms with Gasteiger partial charge in [0.1, 0.15) is 16.9 Å². The van der Waals surface area contributed by atoms with E-state index in [1.54, 1.807) is 6.92 Å². The Morgan fingerprint density at radius 2 is 1.43 bits per heavy atom. The number of carbonyl (C=O) groups is 2. The minimum absolute atomic E-state index is 0.401. The van der Waals surface area contributed by atoms with Crippen LogP contribution in [0.4, 0.5) is 0 Å². The van der Waals surface area contributed by atoms with Crippen molar-refractivity contribution in [2.24, 2.45) is 0 Å². The highest BCUT2D eigenvalue weighted by Gasteiger charge is 2.18. The highest BCUT2D eigenvalue weighted by Crippen LogP contribution is 2.24. The Kier molecular flexibility index (Phi) is 2.42. The van der Waals surface area contributed by atoms with Gasteiger partial charge in [-0.25, -0.2) is 9.59 Å². The van der Waals surface area contributed by atoms with Crippen LogP contribution in [0.2, 0.25) is 0 Å². The van der Waals surface area contributed by atoms with Crippen molar-refractivity contribution >= 4 is 11.9 Å². The maximum atomic E-state index is 10.6. The molecule has 0 aliphatic rings. The van der Waals surface area contributed by atoms with E-state index < -0.39 is 28.8 Å². The summed E-state index contributed by atoms with van der Waals surface area (Å²) in [6.45, 7) is 1.55. The van der Waals surface area contributed by atoms with E-state index in [1.165, 1.54) is 12.1 Å². The molecule has 0 saturated carbocycles. The molecule has 0 bridgehead atoms. The van der Waals surface area contributed by atoms with Crippen LogP contribution in [0.1, 0.15) is 26.3 Å². The Bertz CT molecular complexity index is 373. The molecule has 0 unspecified atom stereocenters. The van der Waals surface area contributed by atoms with Gasteiger partial charge in [0, 0.05) is 0 Å². The molecule has 0 aromatic heterocycles. The second-order valence-electron chi connectivity index (χ2n) is 2.82. The summed E-state index contributed by atoms with van der Waals surface area (Å²) in [4.78, 5) is 21.2. The molecule has 0 amide bonds. The first-order valence-electron chi connectivity index (χ1n) is 3.73. The van der Waals surface area contributed by atoms with Gasteiger partial charge in [0.15, 0.2) is 0 Å². The van der Waals surface area contributed by atoms with Crippen LogP contribution in [-0.4, -0.2) is 27.3 Å². The number of benzene rings is 1. The minimum Gasteiger partial charge on any atom is -0.506 e. The van der Waals surface area contributed by atoms with Crippen LogP contribution >= 0.6 is 0 Å². The van der Waals surface area contributed by atoms with Crippen molar-refractivity contribution in [3.63, 3.8) is 0 Å². The highest BCUT2D eigenvalue weighted by molar-refractivity contribution is 5.98. The quantitative estimate of drug-likeness (QED) is 0.658.